The van der Waals surface area contributed by atoms with Gasteiger partial charge in [-0.25, -0.2) is 4.98 Å². The Morgan fingerprint density at radius 2 is 1.87 bits per heavy atom. The summed E-state index contributed by atoms with van der Waals surface area (Å²) >= 11 is 12.1. The fourth-order valence-corrected chi connectivity index (χ4v) is 3.16. The number of rotatable bonds is 11. The molecule has 0 fully saturated rings. The van der Waals surface area contributed by atoms with Crippen LogP contribution in [-0.2, 0) is 13.2 Å². The molecule has 0 unspecified atom stereocenters. The molecule has 0 saturated carbocycles. The second kappa shape index (κ2) is 11.6. The lowest BCUT2D eigenvalue weighted by Crippen LogP contribution is -2.18. The Bertz CT molecular complexity index is 939. The molecule has 0 aliphatic heterocycles. The molecule has 3 aromatic rings. The van der Waals surface area contributed by atoms with Crippen molar-refractivity contribution in [2.45, 2.75) is 19.6 Å². The lowest BCUT2D eigenvalue weighted by molar-refractivity contribution is 0.279. The van der Waals surface area contributed by atoms with Gasteiger partial charge in [-0.05, 0) is 42.8 Å². The lowest BCUT2D eigenvalue weighted by atomic mass is 10.1. The van der Waals surface area contributed by atoms with Crippen LogP contribution in [0.2, 0.25) is 10.0 Å². The first-order chi connectivity index (χ1) is 14.7. The molecule has 0 atom stereocenters. The molecule has 0 spiro atoms. The van der Waals surface area contributed by atoms with Crippen molar-refractivity contribution >= 4 is 23.2 Å². The van der Waals surface area contributed by atoms with E-state index in [1.165, 1.54) is 0 Å². The lowest BCUT2D eigenvalue weighted by Gasteiger charge is -2.16. The second-order valence-corrected chi connectivity index (χ2v) is 7.35. The van der Waals surface area contributed by atoms with E-state index in [2.05, 4.69) is 10.3 Å². The Labute approximate surface area is 186 Å². The second-order valence-electron chi connectivity index (χ2n) is 6.53. The van der Waals surface area contributed by atoms with Gasteiger partial charge in [-0.3, -0.25) is 0 Å². The first-order valence-electron chi connectivity index (χ1n) is 9.64. The van der Waals surface area contributed by atoms with Gasteiger partial charge in [-0.2, -0.15) is 0 Å². The van der Waals surface area contributed by atoms with Crippen LogP contribution in [0.15, 0.2) is 60.8 Å². The van der Waals surface area contributed by atoms with Crippen molar-refractivity contribution in [2.24, 2.45) is 0 Å². The first kappa shape index (κ1) is 22.2. The van der Waals surface area contributed by atoms with Gasteiger partial charge in [0.15, 0.2) is 11.5 Å². The maximum atomic E-state index is 6.10. The maximum absolute atomic E-state index is 6.10. The van der Waals surface area contributed by atoms with Crippen molar-refractivity contribution in [1.82, 2.24) is 10.3 Å². The summed E-state index contributed by atoms with van der Waals surface area (Å²) in [6, 6.07) is 16.9. The minimum absolute atomic E-state index is 0.363. The summed E-state index contributed by atoms with van der Waals surface area (Å²) in [4.78, 5) is 4.14. The summed E-state index contributed by atoms with van der Waals surface area (Å²) in [6.45, 7) is 2.42. The van der Waals surface area contributed by atoms with Crippen molar-refractivity contribution in [1.29, 1.82) is 0 Å². The molecule has 1 aromatic heterocycles. The third kappa shape index (κ3) is 6.52. The molecule has 0 radical (unpaired) electrons. The molecule has 0 aliphatic rings. The standard InChI is InChI=1S/C23H24Cl2N2O3/c1-28-21-7-4-6-18(15-26-11-5-13-29-22-8-2-3-12-27-22)23(21)30-16-17-9-10-19(24)20(25)14-17/h2-4,6-10,12,14,26H,5,11,13,15-16H2,1H3. The number of hydrogen-bond donors (Lipinski definition) is 1. The third-order valence-electron chi connectivity index (χ3n) is 4.35. The van der Waals surface area contributed by atoms with Gasteiger partial charge in [0.1, 0.15) is 6.61 Å². The Kier molecular flexibility index (Phi) is 8.63. The van der Waals surface area contributed by atoms with Crippen molar-refractivity contribution in [3.05, 3.63) is 82.0 Å². The molecule has 30 heavy (non-hydrogen) atoms. The van der Waals surface area contributed by atoms with E-state index in [-0.39, 0.29) is 0 Å². The zero-order valence-corrected chi connectivity index (χ0v) is 18.2. The SMILES string of the molecule is COc1cccc(CNCCCOc2ccccn2)c1OCc1ccc(Cl)c(Cl)c1. The van der Waals surface area contributed by atoms with Crippen LogP contribution >= 0.6 is 23.2 Å². The van der Waals surface area contributed by atoms with E-state index < -0.39 is 0 Å². The monoisotopic (exact) mass is 446 g/mol. The quantitative estimate of drug-likeness (QED) is 0.392. The number of para-hydroxylation sites is 1. The summed E-state index contributed by atoms with van der Waals surface area (Å²) in [5.41, 5.74) is 1.95. The van der Waals surface area contributed by atoms with Gasteiger partial charge in [-0.15, -0.1) is 0 Å². The van der Waals surface area contributed by atoms with Gasteiger partial charge >= 0.3 is 0 Å². The molecule has 7 heteroatoms. The third-order valence-corrected chi connectivity index (χ3v) is 5.09. The molecular formula is C23H24Cl2N2O3. The number of halogens is 2. The van der Waals surface area contributed by atoms with Crippen LogP contribution in [0, 0.1) is 0 Å². The molecule has 158 valence electrons. The number of aromatic nitrogens is 1. The molecule has 1 heterocycles. The van der Waals surface area contributed by atoms with Crippen molar-refractivity contribution in [3.63, 3.8) is 0 Å². The van der Waals surface area contributed by atoms with E-state index in [1.807, 2.05) is 42.5 Å². The summed E-state index contributed by atoms with van der Waals surface area (Å²) in [7, 11) is 1.63. The summed E-state index contributed by atoms with van der Waals surface area (Å²) in [5.74, 6) is 2.04. The number of nitrogens with zero attached hydrogens (tertiary/aromatic N) is 1. The Morgan fingerprint density at radius 3 is 2.63 bits per heavy atom. The fourth-order valence-electron chi connectivity index (χ4n) is 2.84. The highest BCUT2D eigenvalue weighted by Gasteiger charge is 2.11. The molecule has 0 amide bonds. The van der Waals surface area contributed by atoms with Crippen molar-refractivity contribution < 1.29 is 14.2 Å². The van der Waals surface area contributed by atoms with E-state index in [4.69, 9.17) is 37.4 Å². The largest absolute Gasteiger partial charge is 0.493 e. The molecule has 0 aliphatic carbocycles. The van der Waals surface area contributed by atoms with Crippen LogP contribution in [0.3, 0.4) is 0 Å². The Morgan fingerprint density at radius 1 is 0.967 bits per heavy atom. The van der Waals surface area contributed by atoms with E-state index in [9.17, 15) is 0 Å². The van der Waals surface area contributed by atoms with Crippen molar-refractivity contribution in [3.8, 4) is 17.4 Å². The number of methoxy groups -OCH3 is 1. The maximum Gasteiger partial charge on any atom is 0.213 e. The van der Waals surface area contributed by atoms with E-state index >= 15 is 0 Å². The molecule has 0 saturated heterocycles. The van der Waals surface area contributed by atoms with Crippen LogP contribution in [0.1, 0.15) is 17.5 Å². The Hall–Kier alpha value is -2.47. The number of pyridine rings is 1. The highest BCUT2D eigenvalue weighted by molar-refractivity contribution is 6.42. The average molecular weight is 447 g/mol. The van der Waals surface area contributed by atoms with Gasteiger partial charge in [0, 0.05) is 24.4 Å². The molecule has 3 rings (SSSR count). The predicted molar refractivity (Wildman–Crippen MR) is 120 cm³/mol. The number of ether oxygens (including phenoxy) is 3. The molecule has 2 aromatic carbocycles. The normalized spacial score (nSPS) is 10.6. The topological polar surface area (TPSA) is 52.6 Å². The van der Waals surface area contributed by atoms with E-state index in [0.29, 0.717) is 47.2 Å². The van der Waals surface area contributed by atoms with Gasteiger partial charge < -0.3 is 19.5 Å². The smallest absolute Gasteiger partial charge is 0.213 e. The van der Waals surface area contributed by atoms with E-state index in [1.54, 1.807) is 25.4 Å². The minimum atomic E-state index is 0.363. The zero-order chi connectivity index (χ0) is 21.2. The highest BCUT2D eigenvalue weighted by atomic mass is 35.5. The first-order valence-corrected chi connectivity index (χ1v) is 10.4. The van der Waals surface area contributed by atoms with Crippen LogP contribution in [-0.4, -0.2) is 25.2 Å². The average Bonchev–Trinajstić information content (AvgIpc) is 2.77. The molecule has 1 N–H and O–H groups in total. The van der Waals surface area contributed by atoms with Gasteiger partial charge in [-0.1, -0.05) is 47.5 Å². The van der Waals surface area contributed by atoms with Gasteiger partial charge in [0.05, 0.1) is 23.8 Å². The van der Waals surface area contributed by atoms with Crippen LogP contribution in [0.5, 0.6) is 17.4 Å². The fraction of sp³-hybridized carbons (Fsp3) is 0.261. The molecular weight excluding hydrogens is 423 g/mol. The van der Waals surface area contributed by atoms with Crippen LogP contribution < -0.4 is 19.5 Å². The summed E-state index contributed by atoms with van der Waals surface area (Å²) in [6.07, 6.45) is 2.58. The number of benzene rings is 2. The van der Waals surface area contributed by atoms with Crippen molar-refractivity contribution in [2.75, 3.05) is 20.3 Å². The minimum Gasteiger partial charge on any atom is -0.493 e. The van der Waals surface area contributed by atoms with Gasteiger partial charge in [0.25, 0.3) is 0 Å². The van der Waals surface area contributed by atoms with Crippen LogP contribution in [0.25, 0.3) is 0 Å². The molecule has 5 nitrogen and oxygen atoms in total. The predicted octanol–water partition coefficient (Wildman–Crippen LogP) is 5.53. The zero-order valence-electron chi connectivity index (χ0n) is 16.7. The number of hydrogen-bond acceptors (Lipinski definition) is 5. The van der Waals surface area contributed by atoms with E-state index in [0.717, 1.165) is 24.1 Å². The molecule has 0 bridgehead atoms. The van der Waals surface area contributed by atoms with Gasteiger partial charge in [0.2, 0.25) is 5.88 Å². The van der Waals surface area contributed by atoms with Crippen LogP contribution in [0.4, 0.5) is 0 Å². The summed E-state index contributed by atoms with van der Waals surface area (Å²) in [5, 5.41) is 4.45. The number of nitrogens with one attached hydrogen (secondary N) is 1. The summed E-state index contributed by atoms with van der Waals surface area (Å²) < 4.78 is 17.2. The highest BCUT2D eigenvalue weighted by Crippen LogP contribution is 2.32. The Balaban J connectivity index is 1.52.